The number of carbonyl (C=O) groups excluding carboxylic acids is 1. The van der Waals surface area contributed by atoms with E-state index in [2.05, 4.69) is 48.4 Å². The number of aryl methyl sites for hydroxylation is 1. The van der Waals surface area contributed by atoms with Gasteiger partial charge in [0.1, 0.15) is 0 Å². The van der Waals surface area contributed by atoms with Crippen molar-refractivity contribution in [3.8, 4) is 17.2 Å². The Morgan fingerprint density at radius 1 is 0.897 bits per heavy atom. The number of benzene rings is 2. The van der Waals surface area contributed by atoms with Gasteiger partial charge < -0.3 is 19.1 Å². The van der Waals surface area contributed by atoms with Gasteiger partial charge in [0, 0.05) is 37.9 Å². The lowest BCUT2D eigenvalue weighted by Gasteiger charge is -2.36. The molecule has 2 aromatic carbocycles. The molecular formula is C32H47N3O4. The molecule has 0 unspecified atom stereocenters. The van der Waals surface area contributed by atoms with Gasteiger partial charge in [0.05, 0.1) is 20.8 Å². The number of anilines is 1. The Bertz CT molecular complexity index is 1020. The Hall–Kier alpha value is -3.19. The fourth-order valence-corrected chi connectivity index (χ4v) is 4.81. The lowest BCUT2D eigenvalue weighted by atomic mass is 10.1. The molecule has 0 spiro atoms. The van der Waals surface area contributed by atoms with Crippen LogP contribution in [0.2, 0.25) is 0 Å². The second-order valence-corrected chi connectivity index (χ2v) is 10.2. The number of ether oxygens (including phenoxy) is 3. The molecule has 0 radical (unpaired) electrons. The summed E-state index contributed by atoms with van der Waals surface area (Å²) in [6.45, 7) is 8.23. The van der Waals surface area contributed by atoms with E-state index >= 15 is 0 Å². The number of hydrazine groups is 1. The second kappa shape index (κ2) is 16.7. The van der Waals surface area contributed by atoms with Gasteiger partial charge in [0.25, 0.3) is 5.91 Å². The Kier molecular flexibility index (Phi) is 13.0. The van der Waals surface area contributed by atoms with Crippen molar-refractivity contribution in [3.05, 3.63) is 53.6 Å². The summed E-state index contributed by atoms with van der Waals surface area (Å²) in [6.07, 6.45) is 13.3. The van der Waals surface area contributed by atoms with E-state index in [1.165, 1.54) is 49.8 Å². The minimum Gasteiger partial charge on any atom is -0.493 e. The summed E-state index contributed by atoms with van der Waals surface area (Å²) in [4.78, 5) is 15.0. The molecule has 7 nitrogen and oxygen atoms in total. The van der Waals surface area contributed by atoms with Crippen molar-refractivity contribution in [1.82, 2.24) is 10.4 Å². The minimum atomic E-state index is -0.160. The van der Waals surface area contributed by atoms with Crippen molar-refractivity contribution in [2.45, 2.75) is 65.2 Å². The van der Waals surface area contributed by atoms with Crippen molar-refractivity contribution in [1.29, 1.82) is 0 Å². The van der Waals surface area contributed by atoms with E-state index in [1.807, 2.05) is 17.1 Å². The predicted octanol–water partition coefficient (Wildman–Crippen LogP) is 6.40. The number of nitrogens with zero attached hydrogens (tertiary/aromatic N) is 2. The van der Waals surface area contributed by atoms with E-state index in [0.717, 1.165) is 44.6 Å². The first-order valence-corrected chi connectivity index (χ1v) is 14.5. The van der Waals surface area contributed by atoms with Crippen LogP contribution < -0.4 is 24.5 Å². The topological polar surface area (TPSA) is 63.3 Å². The number of rotatable bonds is 16. The number of unbranched alkanes of at least 4 members (excludes halogenated alkanes) is 7. The maximum atomic E-state index is 12.6. The lowest BCUT2D eigenvalue weighted by molar-refractivity contribution is -0.121. The minimum absolute atomic E-state index is 0.160. The van der Waals surface area contributed by atoms with Crippen LogP contribution in [0.5, 0.6) is 17.2 Å². The molecule has 0 aromatic heterocycles. The van der Waals surface area contributed by atoms with E-state index in [4.69, 9.17) is 14.2 Å². The predicted molar refractivity (Wildman–Crippen MR) is 160 cm³/mol. The maximum absolute atomic E-state index is 12.6. The molecule has 0 saturated carbocycles. The first-order valence-electron chi connectivity index (χ1n) is 14.5. The highest BCUT2D eigenvalue weighted by molar-refractivity contribution is 5.91. The van der Waals surface area contributed by atoms with E-state index in [-0.39, 0.29) is 5.91 Å². The molecule has 3 rings (SSSR count). The van der Waals surface area contributed by atoms with Crippen molar-refractivity contribution in [2.24, 2.45) is 0 Å². The third-order valence-corrected chi connectivity index (χ3v) is 7.07. The van der Waals surface area contributed by atoms with Crippen molar-refractivity contribution >= 4 is 17.7 Å². The number of amides is 1. The average molecular weight is 538 g/mol. The fourth-order valence-electron chi connectivity index (χ4n) is 4.81. The molecule has 7 heteroatoms. The van der Waals surface area contributed by atoms with Crippen molar-refractivity contribution < 1.29 is 19.0 Å². The van der Waals surface area contributed by atoms with Gasteiger partial charge in [-0.25, -0.2) is 5.01 Å². The summed E-state index contributed by atoms with van der Waals surface area (Å²) in [5, 5.41) is 1.97. The smallest absolute Gasteiger partial charge is 0.258 e. The van der Waals surface area contributed by atoms with Crippen molar-refractivity contribution in [3.63, 3.8) is 0 Å². The van der Waals surface area contributed by atoms with Crippen LogP contribution in [0.4, 0.5) is 5.69 Å². The SMILES string of the molecule is CCCCCCCCCCOc1c(OC)cc(C=CC(=O)NN2CCN(c3cccc(C)c3)CC2)cc1OC. The van der Waals surface area contributed by atoms with Gasteiger partial charge in [-0.15, -0.1) is 0 Å². The van der Waals surface area contributed by atoms with Crippen LogP contribution in [-0.2, 0) is 4.79 Å². The number of nitrogens with one attached hydrogen (secondary N) is 1. The van der Waals surface area contributed by atoms with Crippen LogP contribution in [0.25, 0.3) is 6.08 Å². The Labute approximate surface area is 235 Å². The van der Waals surface area contributed by atoms with Gasteiger partial charge in [-0.3, -0.25) is 10.2 Å². The number of hydrogen-bond acceptors (Lipinski definition) is 6. The average Bonchev–Trinajstić information content (AvgIpc) is 2.95. The first-order chi connectivity index (χ1) is 19.0. The summed E-state index contributed by atoms with van der Waals surface area (Å²) in [5.41, 5.74) is 6.29. The molecule has 1 saturated heterocycles. The zero-order valence-corrected chi connectivity index (χ0v) is 24.3. The van der Waals surface area contributed by atoms with Crippen LogP contribution >= 0.6 is 0 Å². The van der Waals surface area contributed by atoms with Crippen LogP contribution in [0.15, 0.2) is 42.5 Å². The Morgan fingerprint density at radius 3 is 2.15 bits per heavy atom. The summed E-state index contributed by atoms with van der Waals surface area (Å²) < 4.78 is 17.2. The van der Waals surface area contributed by atoms with Gasteiger partial charge in [-0.05, 0) is 54.8 Å². The van der Waals surface area contributed by atoms with Gasteiger partial charge in [0.2, 0.25) is 5.75 Å². The summed E-state index contributed by atoms with van der Waals surface area (Å²) >= 11 is 0. The molecule has 1 fully saturated rings. The second-order valence-electron chi connectivity index (χ2n) is 10.2. The summed E-state index contributed by atoms with van der Waals surface area (Å²) in [7, 11) is 3.24. The molecule has 1 aliphatic heterocycles. The van der Waals surface area contributed by atoms with Crippen LogP contribution in [0.3, 0.4) is 0 Å². The number of carbonyl (C=O) groups is 1. The van der Waals surface area contributed by atoms with Crippen LogP contribution in [-0.4, -0.2) is 57.9 Å². The molecule has 0 atom stereocenters. The third kappa shape index (κ3) is 10.1. The van der Waals surface area contributed by atoms with Crippen LogP contribution in [0, 0.1) is 6.92 Å². The number of methoxy groups -OCH3 is 2. The molecule has 1 N–H and O–H groups in total. The fraction of sp³-hybridized carbons (Fsp3) is 0.531. The largest absolute Gasteiger partial charge is 0.493 e. The summed E-state index contributed by atoms with van der Waals surface area (Å²) in [5.74, 6) is 1.64. The molecule has 1 amide bonds. The van der Waals surface area contributed by atoms with E-state index in [0.29, 0.717) is 23.9 Å². The van der Waals surface area contributed by atoms with Crippen LogP contribution in [0.1, 0.15) is 69.4 Å². The third-order valence-electron chi connectivity index (χ3n) is 7.07. The Balaban J connectivity index is 1.46. The van der Waals surface area contributed by atoms with Gasteiger partial charge in [-0.2, -0.15) is 0 Å². The molecule has 214 valence electrons. The van der Waals surface area contributed by atoms with Crippen molar-refractivity contribution in [2.75, 3.05) is 51.9 Å². The van der Waals surface area contributed by atoms with E-state index in [1.54, 1.807) is 26.4 Å². The zero-order chi connectivity index (χ0) is 27.9. The highest BCUT2D eigenvalue weighted by atomic mass is 16.5. The quantitative estimate of drug-likeness (QED) is 0.198. The molecular weight excluding hydrogens is 490 g/mol. The van der Waals surface area contributed by atoms with E-state index in [9.17, 15) is 4.79 Å². The normalized spacial score (nSPS) is 14.0. The molecule has 0 aliphatic carbocycles. The standard InChI is InChI=1S/C32H47N3O4/c1-5-6-7-8-9-10-11-12-22-39-32-29(37-3)24-27(25-30(32)38-4)16-17-31(36)33-35-20-18-34(19-21-35)28-15-13-14-26(2)23-28/h13-17,23-25H,5-12,18-22H2,1-4H3,(H,33,36). The monoisotopic (exact) mass is 537 g/mol. The van der Waals surface area contributed by atoms with E-state index < -0.39 is 0 Å². The number of hydrogen-bond donors (Lipinski definition) is 1. The highest BCUT2D eigenvalue weighted by Crippen LogP contribution is 2.39. The number of piperazine rings is 1. The summed E-state index contributed by atoms with van der Waals surface area (Å²) in [6, 6.07) is 12.3. The first kappa shape index (κ1) is 30.4. The molecule has 39 heavy (non-hydrogen) atoms. The van der Waals surface area contributed by atoms with Gasteiger partial charge in [0.15, 0.2) is 11.5 Å². The highest BCUT2D eigenvalue weighted by Gasteiger charge is 2.18. The Morgan fingerprint density at radius 2 is 1.54 bits per heavy atom. The maximum Gasteiger partial charge on any atom is 0.258 e. The van der Waals surface area contributed by atoms with Gasteiger partial charge in [-0.1, -0.05) is 64.0 Å². The zero-order valence-electron chi connectivity index (χ0n) is 24.3. The molecule has 2 aromatic rings. The molecule has 1 aliphatic rings. The van der Waals surface area contributed by atoms with Gasteiger partial charge >= 0.3 is 0 Å². The molecule has 0 bridgehead atoms. The lowest BCUT2D eigenvalue weighted by Crippen LogP contribution is -2.53. The molecule has 1 heterocycles.